The number of ether oxygens (including phenoxy) is 1. The van der Waals surface area contributed by atoms with Gasteiger partial charge < -0.3 is 20.6 Å². The average molecular weight is 239 g/mol. The highest BCUT2D eigenvalue weighted by Crippen LogP contribution is 2.15. The Bertz CT molecular complexity index is 383. The molecule has 17 heavy (non-hydrogen) atoms. The van der Waals surface area contributed by atoms with E-state index in [1.54, 1.807) is 13.2 Å². The van der Waals surface area contributed by atoms with Crippen molar-refractivity contribution < 1.29 is 9.94 Å². The maximum Gasteiger partial charge on any atom is 0.173 e. The fraction of sp³-hybridized carbons (Fsp3) is 0.500. The Hall–Kier alpha value is -1.89. The number of hydrogen-bond acceptors (Lipinski definition) is 6. The molecule has 0 aliphatic carbocycles. The van der Waals surface area contributed by atoms with E-state index in [4.69, 9.17) is 15.7 Å². The molecule has 7 nitrogen and oxygen atoms in total. The van der Waals surface area contributed by atoms with Crippen molar-refractivity contribution in [3.8, 4) is 0 Å². The van der Waals surface area contributed by atoms with Gasteiger partial charge in [0.2, 0.25) is 0 Å². The van der Waals surface area contributed by atoms with Gasteiger partial charge in [-0.2, -0.15) is 5.10 Å². The number of aromatic nitrogens is 2. The van der Waals surface area contributed by atoms with E-state index in [0.29, 0.717) is 24.5 Å². The summed E-state index contributed by atoms with van der Waals surface area (Å²) in [7, 11) is 1.63. The summed E-state index contributed by atoms with van der Waals surface area (Å²) >= 11 is 0. The molecule has 0 aromatic carbocycles. The van der Waals surface area contributed by atoms with E-state index >= 15 is 0 Å². The number of anilines is 1. The zero-order valence-electron chi connectivity index (χ0n) is 10.00. The van der Waals surface area contributed by atoms with Crippen molar-refractivity contribution in [1.82, 2.24) is 10.2 Å². The molecule has 0 saturated carbocycles. The fourth-order valence-electron chi connectivity index (χ4n) is 1.43. The highest BCUT2D eigenvalue weighted by atomic mass is 16.5. The molecule has 1 aromatic heterocycles. The molecule has 0 bridgehead atoms. The first-order valence-electron chi connectivity index (χ1n) is 5.28. The van der Waals surface area contributed by atoms with Crippen LogP contribution in [-0.4, -0.2) is 48.0 Å². The largest absolute Gasteiger partial charge is 0.409 e. The summed E-state index contributed by atoms with van der Waals surface area (Å²) in [5.41, 5.74) is 6.15. The van der Waals surface area contributed by atoms with Gasteiger partial charge in [0.25, 0.3) is 0 Å². The monoisotopic (exact) mass is 239 g/mol. The first-order valence-corrected chi connectivity index (χ1v) is 5.28. The second kappa shape index (κ2) is 6.64. The van der Waals surface area contributed by atoms with Crippen LogP contribution in [0.4, 0.5) is 5.82 Å². The first-order chi connectivity index (χ1) is 8.24. The minimum atomic E-state index is 0.0192. The third kappa shape index (κ3) is 3.28. The molecule has 1 rings (SSSR count). The van der Waals surface area contributed by atoms with E-state index in [-0.39, 0.29) is 5.84 Å². The zero-order chi connectivity index (χ0) is 12.7. The smallest absolute Gasteiger partial charge is 0.173 e. The summed E-state index contributed by atoms with van der Waals surface area (Å²) in [6.45, 7) is 3.95. The molecule has 1 aromatic rings. The molecule has 0 saturated heterocycles. The van der Waals surface area contributed by atoms with Crippen LogP contribution in [-0.2, 0) is 4.74 Å². The summed E-state index contributed by atoms with van der Waals surface area (Å²) in [6.07, 6.45) is 1.50. The lowest BCUT2D eigenvalue weighted by Crippen LogP contribution is -2.30. The number of oxime groups is 1. The summed E-state index contributed by atoms with van der Waals surface area (Å²) in [6, 6.07) is 1.66. The number of hydrogen-bond donors (Lipinski definition) is 2. The van der Waals surface area contributed by atoms with Crippen LogP contribution in [0.5, 0.6) is 0 Å². The average Bonchev–Trinajstić information content (AvgIpc) is 2.39. The summed E-state index contributed by atoms with van der Waals surface area (Å²) < 4.78 is 5.02. The third-order valence-corrected chi connectivity index (χ3v) is 2.33. The maximum atomic E-state index is 8.71. The molecule has 0 fully saturated rings. The molecule has 94 valence electrons. The van der Waals surface area contributed by atoms with Crippen LogP contribution < -0.4 is 10.6 Å². The van der Waals surface area contributed by atoms with Crippen LogP contribution in [0.2, 0.25) is 0 Å². The highest BCUT2D eigenvalue weighted by Gasteiger charge is 2.14. The Balaban J connectivity index is 3.01. The number of methoxy groups -OCH3 is 1. The number of rotatable bonds is 6. The Morgan fingerprint density at radius 2 is 2.41 bits per heavy atom. The lowest BCUT2D eigenvalue weighted by atomic mass is 10.2. The van der Waals surface area contributed by atoms with Crippen molar-refractivity contribution in [3.63, 3.8) is 0 Å². The number of amidine groups is 1. The van der Waals surface area contributed by atoms with Gasteiger partial charge in [0.1, 0.15) is 0 Å². The molecular weight excluding hydrogens is 222 g/mol. The topological polar surface area (TPSA) is 96.9 Å². The van der Waals surface area contributed by atoms with Crippen molar-refractivity contribution in [2.45, 2.75) is 6.92 Å². The van der Waals surface area contributed by atoms with Gasteiger partial charge in [-0.3, -0.25) is 0 Å². The maximum absolute atomic E-state index is 8.71. The standard InChI is InChI=1S/C10H17N5O2/c1-3-15(6-7-17-2)10-8(9(11)14-16)4-5-12-13-10/h4-5,16H,3,6-7H2,1-2H3,(H2,11,14). The minimum absolute atomic E-state index is 0.0192. The quantitative estimate of drug-likeness (QED) is 0.315. The van der Waals surface area contributed by atoms with Crippen LogP contribution in [0, 0.1) is 0 Å². The first kappa shape index (κ1) is 13.2. The molecule has 0 amide bonds. The molecule has 0 aliphatic heterocycles. The van der Waals surface area contributed by atoms with Crippen molar-refractivity contribution in [2.24, 2.45) is 10.9 Å². The second-order valence-corrected chi connectivity index (χ2v) is 3.33. The van der Waals surface area contributed by atoms with Crippen molar-refractivity contribution >= 4 is 11.7 Å². The van der Waals surface area contributed by atoms with Crippen LogP contribution >= 0.6 is 0 Å². The van der Waals surface area contributed by atoms with E-state index in [2.05, 4.69) is 15.4 Å². The number of likely N-dealkylation sites (N-methyl/N-ethyl adjacent to an activating group) is 1. The van der Waals surface area contributed by atoms with Crippen LogP contribution in [0.15, 0.2) is 17.4 Å². The van der Waals surface area contributed by atoms with E-state index in [1.807, 2.05) is 11.8 Å². The predicted octanol–water partition coefficient (Wildman–Crippen LogP) is 0.0438. The van der Waals surface area contributed by atoms with Gasteiger partial charge in [0.05, 0.1) is 18.4 Å². The molecule has 7 heteroatoms. The number of nitrogens with zero attached hydrogens (tertiary/aromatic N) is 4. The van der Waals surface area contributed by atoms with Crippen LogP contribution in [0.1, 0.15) is 12.5 Å². The van der Waals surface area contributed by atoms with Crippen LogP contribution in [0.3, 0.4) is 0 Å². The molecule has 3 N–H and O–H groups in total. The molecule has 0 radical (unpaired) electrons. The molecule has 0 unspecified atom stereocenters. The molecular formula is C10H17N5O2. The van der Waals surface area contributed by atoms with Crippen molar-refractivity contribution in [3.05, 3.63) is 17.8 Å². The van der Waals surface area contributed by atoms with Crippen molar-refractivity contribution in [2.75, 3.05) is 31.7 Å². The second-order valence-electron chi connectivity index (χ2n) is 3.33. The van der Waals surface area contributed by atoms with E-state index in [0.717, 1.165) is 6.54 Å². The van der Waals surface area contributed by atoms with Gasteiger partial charge in [-0.15, -0.1) is 5.10 Å². The van der Waals surface area contributed by atoms with Gasteiger partial charge in [0, 0.05) is 20.2 Å². The van der Waals surface area contributed by atoms with E-state index in [1.165, 1.54) is 6.20 Å². The van der Waals surface area contributed by atoms with Crippen molar-refractivity contribution in [1.29, 1.82) is 0 Å². The predicted molar refractivity (Wildman–Crippen MR) is 64.3 cm³/mol. The summed E-state index contributed by atoms with van der Waals surface area (Å²) in [5, 5.41) is 19.5. The third-order valence-electron chi connectivity index (χ3n) is 2.33. The van der Waals surface area contributed by atoms with Crippen LogP contribution in [0.25, 0.3) is 0 Å². The highest BCUT2D eigenvalue weighted by molar-refractivity contribution is 6.01. The lowest BCUT2D eigenvalue weighted by molar-refractivity contribution is 0.205. The lowest BCUT2D eigenvalue weighted by Gasteiger charge is -2.22. The van der Waals surface area contributed by atoms with E-state index in [9.17, 15) is 0 Å². The van der Waals surface area contributed by atoms with Gasteiger partial charge in [-0.05, 0) is 13.0 Å². The normalized spacial score (nSPS) is 11.5. The Kier molecular flexibility index (Phi) is 5.15. The summed E-state index contributed by atoms with van der Waals surface area (Å²) in [5.74, 6) is 0.605. The van der Waals surface area contributed by atoms with Gasteiger partial charge in [-0.25, -0.2) is 0 Å². The number of nitrogens with two attached hydrogens (primary N) is 1. The summed E-state index contributed by atoms with van der Waals surface area (Å²) in [4.78, 5) is 1.95. The van der Waals surface area contributed by atoms with Gasteiger partial charge in [0.15, 0.2) is 11.7 Å². The van der Waals surface area contributed by atoms with Gasteiger partial charge in [-0.1, -0.05) is 5.16 Å². The fourth-order valence-corrected chi connectivity index (χ4v) is 1.43. The SMILES string of the molecule is CCN(CCOC)c1nnccc1/C(N)=N/O. The minimum Gasteiger partial charge on any atom is -0.409 e. The van der Waals surface area contributed by atoms with Gasteiger partial charge >= 0.3 is 0 Å². The Morgan fingerprint density at radius 3 is 3.00 bits per heavy atom. The molecule has 1 heterocycles. The Morgan fingerprint density at radius 1 is 1.65 bits per heavy atom. The Labute approximate surface area is 99.9 Å². The molecule has 0 atom stereocenters. The zero-order valence-corrected chi connectivity index (χ0v) is 10.00. The molecule has 0 aliphatic rings. The van der Waals surface area contributed by atoms with E-state index < -0.39 is 0 Å². The molecule has 0 spiro atoms.